The van der Waals surface area contributed by atoms with Crippen molar-refractivity contribution in [2.45, 2.75) is 65.0 Å². The summed E-state index contributed by atoms with van der Waals surface area (Å²) in [4.78, 5) is 0. The van der Waals surface area contributed by atoms with Gasteiger partial charge in [0.2, 0.25) is 0 Å². The van der Waals surface area contributed by atoms with E-state index in [-0.39, 0.29) is 5.54 Å². The van der Waals surface area contributed by atoms with Crippen LogP contribution in [-0.2, 0) is 18.5 Å². The highest BCUT2D eigenvalue weighted by Gasteiger charge is 2.17. The summed E-state index contributed by atoms with van der Waals surface area (Å²) in [6, 6.07) is 0. The minimum atomic E-state index is 0.0221. The number of hydrogen-bond donors (Lipinski definition) is 0. The first-order chi connectivity index (χ1) is 10.0. The lowest BCUT2D eigenvalue weighted by Crippen LogP contribution is -2.21. The predicted molar refractivity (Wildman–Crippen MR) is 82.0 cm³/mol. The van der Waals surface area contributed by atoms with Gasteiger partial charge in [-0.3, -0.25) is 4.68 Å². The molecule has 1 aliphatic rings. The molecule has 21 heavy (non-hydrogen) atoms. The Bertz CT molecular complexity index is 584. The van der Waals surface area contributed by atoms with Crippen molar-refractivity contribution in [1.82, 2.24) is 24.8 Å². The average molecular weight is 287 g/mol. The quantitative estimate of drug-likeness (QED) is 0.868. The van der Waals surface area contributed by atoms with Crippen molar-refractivity contribution < 1.29 is 0 Å². The molecule has 5 heteroatoms. The van der Waals surface area contributed by atoms with Gasteiger partial charge < -0.3 is 0 Å². The van der Waals surface area contributed by atoms with Crippen LogP contribution >= 0.6 is 0 Å². The molecule has 0 radical (unpaired) electrons. The minimum Gasteiger partial charge on any atom is -0.267 e. The second-order valence-corrected chi connectivity index (χ2v) is 7.23. The maximum Gasteiger partial charge on any atom is 0.0830 e. The van der Waals surface area contributed by atoms with E-state index in [1.165, 1.54) is 31.2 Å². The van der Waals surface area contributed by atoms with Gasteiger partial charge in [0, 0.05) is 18.0 Å². The fourth-order valence-corrected chi connectivity index (χ4v) is 3.02. The zero-order chi connectivity index (χ0) is 14.9. The summed E-state index contributed by atoms with van der Waals surface area (Å²) in [5.74, 6) is 0.818. The van der Waals surface area contributed by atoms with Crippen molar-refractivity contribution in [3.05, 3.63) is 29.8 Å². The predicted octanol–water partition coefficient (Wildman–Crippen LogP) is 3.01. The lowest BCUT2D eigenvalue weighted by atomic mass is 10.0. The summed E-state index contributed by atoms with van der Waals surface area (Å²) in [6.07, 6.45) is 12.7. The molecule has 0 bridgehead atoms. The minimum absolute atomic E-state index is 0.0221. The fraction of sp³-hybridized carbons (Fsp3) is 0.688. The lowest BCUT2D eigenvalue weighted by Gasteiger charge is -2.18. The van der Waals surface area contributed by atoms with Gasteiger partial charge in [-0.15, -0.1) is 5.10 Å². The van der Waals surface area contributed by atoms with Crippen molar-refractivity contribution in [3.63, 3.8) is 0 Å². The van der Waals surface area contributed by atoms with Gasteiger partial charge in [-0.1, -0.05) is 30.9 Å². The molecule has 1 saturated carbocycles. The zero-order valence-electron chi connectivity index (χ0n) is 13.3. The smallest absolute Gasteiger partial charge is 0.0830 e. The van der Waals surface area contributed by atoms with E-state index in [0.717, 1.165) is 24.6 Å². The summed E-state index contributed by atoms with van der Waals surface area (Å²) >= 11 is 0. The van der Waals surface area contributed by atoms with Crippen LogP contribution in [0.15, 0.2) is 18.6 Å². The van der Waals surface area contributed by atoms with Crippen LogP contribution in [0.5, 0.6) is 0 Å². The van der Waals surface area contributed by atoms with E-state index in [9.17, 15) is 0 Å². The van der Waals surface area contributed by atoms with E-state index in [1.807, 2.05) is 15.6 Å². The third-order valence-corrected chi connectivity index (χ3v) is 4.23. The maximum atomic E-state index is 4.43. The summed E-state index contributed by atoms with van der Waals surface area (Å²) in [7, 11) is 0. The third-order valence-electron chi connectivity index (χ3n) is 4.23. The molecule has 1 aliphatic carbocycles. The van der Waals surface area contributed by atoms with Gasteiger partial charge in [-0.2, -0.15) is 5.10 Å². The number of aromatic nitrogens is 5. The molecule has 0 N–H and O–H groups in total. The normalized spacial score (nSPS) is 16.7. The van der Waals surface area contributed by atoms with Crippen LogP contribution in [-0.4, -0.2) is 24.8 Å². The Labute approximate surface area is 126 Å². The largest absolute Gasteiger partial charge is 0.267 e. The van der Waals surface area contributed by atoms with Crippen LogP contribution < -0.4 is 0 Å². The summed E-state index contributed by atoms with van der Waals surface area (Å²) in [5, 5.41) is 13.0. The van der Waals surface area contributed by atoms with E-state index in [2.05, 4.69) is 48.6 Å². The van der Waals surface area contributed by atoms with Gasteiger partial charge in [0.05, 0.1) is 24.0 Å². The van der Waals surface area contributed by atoms with Crippen LogP contribution in [0.3, 0.4) is 0 Å². The standard InChI is InChI=1S/C16H25N5/c1-16(2,3)21-11-14(9-17-21)10-20-12-15(18-19-20)8-13-6-4-5-7-13/h9,11-13H,4-8,10H2,1-3H3. The Morgan fingerprint density at radius 1 is 1.19 bits per heavy atom. The molecule has 0 amide bonds. The number of hydrogen-bond acceptors (Lipinski definition) is 3. The molecular weight excluding hydrogens is 262 g/mol. The number of nitrogens with zero attached hydrogens (tertiary/aromatic N) is 5. The highest BCUT2D eigenvalue weighted by molar-refractivity contribution is 5.06. The van der Waals surface area contributed by atoms with Gasteiger partial charge in [0.15, 0.2) is 0 Å². The maximum absolute atomic E-state index is 4.43. The Hall–Kier alpha value is -1.65. The van der Waals surface area contributed by atoms with Gasteiger partial charge in [0.25, 0.3) is 0 Å². The van der Waals surface area contributed by atoms with Crippen LogP contribution in [0, 0.1) is 5.92 Å². The average Bonchev–Trinajstić information content (AvgIpc) is 3.11. The Balaban J connectivity index is 1.62. The van der Waals surface area contributed by atoms with Crippen molar-refractivity contribution in [2.75, 3.05) is 0 Å². The molecule has 2 aromatic rings. The van der Waals surface area contributed by atoms with Crippen LogP contribution in [0.25, 0.3) is 0 Å². The molecule has 5 nitrogen and oxygen atoms in total. The van der Waals surface area contributed by atoms with Crippen molar-refractivity contribution in [2.24, 2.45) is 5.92 Å². The van der Waals surface area contributed by atoms with Crippen molar-refractivity contribution in [1.29, 1.82) is 0 Å². The molecular formula is C16H25N5. The highest BCUT2D eigenvalue weighted by atomic mass is 15.4. The SMILES string of the molecule is CC(C)(C)n1cc(Cn2cc(CC3CCCC3)nn2)cn1. The molecule has 1 fully saturated rings. The van der Waals surface area contributed by atoms with Gasteiger partial charge in [-0.05, 0) is 33.1 Å². The van der Waals surface area contributed by atoms with Crippen molar-refractivity contribution >= 4 is 0 Å². The van der Waals surface area contributed by atoms with E-state index >= 15 is 0 Å². The summed E-state index contributed by atoms with van der Waals surface area (Å²) in [6.45, 7) is 7.20. The van der Waals surface area contributed by atoms with E-state index in [1.54, 1.807) is 0 Å². The first kappa shape index (κ1) is 14.3. The van der Waals surface area contributed by atoms with E-state index in [4.69, 9.17) is 0 Å². The first-order valence-corrected chi connectivity index (χ1v) is 7.94. The van der Waals surface area contributed by atoms with E-state index < -0.39 is 0 Å². The first-order valence-electron chi connectivity index (χ1n) is 7.94. The topological polar surface area (TPSA) is 48.5 Å². The Morgan fingerprint density at radius 3 is 2.62 bits per heavy atom. The zero-order valence-corrected chi connectivity index (χ0v) is 13.3. The second kappa shape index (κ2) is 5.62. The van der Waals surface area contributed by atoms with Crippen LogP contribution in [0.1, 0.15) is 57.7 Å². The van der Waals surface area contributed by atoms with Gasteiger partial charge >= 0.3 is 0 Å². The van der Waals surface area contributed by atoms with E-state index in [0.29, 0.717) is 0 Å². The molecule has 0 atom stereocenters. The molecule has 0 saturated heterocycles. The third kappa shape index (κ3) is 3.52. The molecule has 0 aromatic carbocycles. The second-order valence-electron chi connectivity index (χ2n) is 7.23. The molecule has 0 unspecified atom stereocenters. The Morgan fingerprint density at radius 2 is 1.95 bits per heavy atom. The molecule has 2 heterocycles. The van der Waals surface area contributed by atoms with Gasteiger partial charge in [0.1, 0.15) is 0 Å². The highest BCUT2D eigenvalue weighted by Crippen LogP contribution is 2.27. The van der Waals surface area contributed by atoms with Gasteiger partial charge in [-0.25, -0.2) is 4.68 Å². The van der Waals surface area contributed by atoms with Crippen LogP contribution in [0.2, 0.25) is 0 Å². The lowest BCUT2D eigenvalue weighted by molar-refractivity contribution is 0.355. The summed E-state index contributed by atoms with van der Waals surface area (Å²) < 4.78 is 3.92. The molecule has 0 spiro atoms. The number of rotatable bonds is 4. The fourth-order valence-electron chi connectivity index (χ4n) is 3.02. The molecule has 3 rings (SSSR count). The molecule has 2 aromatic heterocycles. The Kier molecular flexibility index (Phi) is 3.83. The molecule has 0 aliphatic heterocycles. The van der Waals surface area contributed by atoms with Crippen LogP contribution in [0.4, 0.5) is 0 Å². The summed E-state index contributed by atoms with van der Waals surface area (Å²) in [5.41, 5.74) is 2.32. The molecule has 114 valence electrons. The van der Waals surface area contributed by atoms with Crippen molar-refractivity contribution in [3.8, 4) is 0 Å². The monoisotopic (exact) mass is 287 g/mol.